The molecule has 2 aliphatic carbocycles. The third-order valence-electron chi connectivity index (χ3n) is 8.15. The fraction of sp³-hybridized carbons (Fsp3) is 0.361. The first-order valence-electron chi connectivity index (χ1n) is 13.8. The Morgan fingerprint density at radius 2 is 1.38 bits per heavy atom. The van der Waals surface area contributed by atoms with Crippen molar-refractivity contribution >= 4 is 12.1 Å². The molecule has 39 heavy (non-hydrogen) atoms. The van der Waals surface area contributed by atoms with Gasteiger partial charge in [0.2, 0.25) is 0 Å². The zero-order valence-corrected chi connectivity index (χ0v) is 28.9. The molecule has 0 radical (unpaired) electrons. The van der Waals surface area contributed by atoms with Gasteiger partial charge in [0.15, 0.2) is 0 Å². The van der Waals surface area contributed by atoms with Crippen LogP contribution in [0.3, 0.4) is 0 Å². The summed E-state index contributed by atoms with van der Waals surface area (Å²) in [6.45, 7) is 21.4. The molecule has 204 valence electrons. The molecule has 0 aromatic heterocycles. The molecule has 0 bridgehead atoms. The molecule has 2 aliphatic rings. The molecule has 3 aromatic rings. The molecule has 0 aliphatic heterocycles. The predicted octanol–water partition coefficient (Wildman–Crippen LogP) is 2.93. The van der Waals surface area contributed by atoms with Crippen LogP contribution >= 0.6 is 0 Å². The molecule has 0 amide bonds. The van der Waals surface area contributed by atoms with Gasteiger partial charge in [0.25, 0.3) is 0 Å². The van der Waals surface area contributed by atoms with Gasteiger partial charge < -0.3 is 24.8 Å². The number of fused-ring (bicyclic) bond motifs is 3. The summed E-state index contributed by atoms with van der Waals surface area (Å²) < 4.78 is 5.10. The zero-order valence-electron chi connectivity index (χ0n) is 25.0. The molecule has 3 aromatic carbocycles. The summed E-state index contributed by atoms with van der Waals surface area (Å²) in [5.74, 6) is 0.504. The summed E-state index contributed by atoms with van der Waals surface area (Å²) in [6.07, 6.45) is 6.15. The maximum Gasteiger partial charge on any atom is -1.00 e. The van der Waals surface area contributed by atoms with E-state index in [1.165, 1.54) is 39.0 Å². The second kappa shape index (κ2) is 11.8. The van der Waals surface area contributed by atoms with E-state index < -0.39 is 21.3 Å². The molecule has 0 saturated carbocycles. The van der Waals surface area contributed by atoms with Gasteiger partial charge in [0, 0.05) is 0 Å². The van der Waals surface area contributed by atoms with Crippen LogP contribution < -0.4 is 28.1 Å². The third-order valence-corrected chi connectivity index (χ3v) is 15.9. The molecule has 1 unspecified atom stereocenters. The van der Waals surface area contributed by atoms with E-state index in [1.807, 2.05) is 0 Å². The van der Waals surface area contributed by atoms with Crippen LogP contribution in [0.25, 0.3) is 16.7 Å². The van der Waals surface area contributed by atoms with Gasteiger partial charge in [0.05, 0.1) is 0 Å². The molecule has 0 heterocycles. The summed E-state index contributed by atoms with van der Waals surface area (Å²) >= 11 is -2.30. The van der Waals surface area contributed by atoms with Gasteiger partial charge in [-0.1, -0.05) is 0 Å². The van der Waals surface area contributed by atoms with E-state index in [-0.39, 0.29) is 35.6 Å². The van der Waals surface area contributed by atoms with Crippen molar-refractivity contribution < 1.29 is 46.1 Å². The number of allylic oxidation sites excluding steroid dienone is 4. The monoisotopic (exact) mass is 634 g/mol. The van der Waals surface area contributed by atoms with Gasteiger partial charge in [-0.2, -0.15) is 0 Å². The zero-order chi connectivity index (χ0) is 26.7. The molecule has 5 rings (SSSR count). The minimum atomic E-state index is -2.30. The second-order valence-corrected chi connectivity index (χ2v) is 20.4. The Labute approximate surface area is 257 Å². The summed E-state index contributed by atoms with van der Waals surface area (Å²) in [6, 6.07) is 23.4. The van der Waals surface area contributed by atoms with Gasteiger partial charge in [0.1, 0.15) is 0 Å². The molecule has 0 saturated heterocycles. The minimum absolute atomic E-state index is 0. The van der Waals surface area contributed by atoms with Crippen molar-refractivity contribution in [2.75, 3.05) is 0 Å². The maximum atomic E-state index is 2.63. The van der Waals surface area contributed by atoms with Gasteiger partial charge in [-0.15, -0.1) is 0 Å². The topological polar surface area (TPSA) is 0 Å². The molecule has 3 heteroatoms. The van der Waals surface area contributed by atoms with Gasteiger partial charge in [-0.05, 0) is 0 Å². The van der Waals surface area contributed by atoms with Gasteiger partial charge in [-0.25, -0.2) is 0 Å². The van der Waals surface area contributed by atoms with Crippen LogP contribution in [0.2, 0.25) is 0 Å². The maximum absolute atomic E-state index is 2.63. The summed E-state index contributed by atoms with van der Waals surface area (Å²) in [7, 11) is 0. The van der Waals surface area contributed by atoms with Crippen LogP contribution in [-0.2, 0) is 38.5 Å². The average molecular weight is 637 g/mol. The Hall–Kier alpha value is -1.53. The first-order chi connectivity index (χ1) is 17.3. The molecule has 0 fully saturated rings. The SMILES string of the molecule is C[C](C)=[Zr+2]([C]1=CC(c2ccccc2)=CC1C)[c]1cc(C(C)(C)C)cc2c1Cc1ccc(C(C)(C)C)cc1-2.[Cl-].[Cl-]. The van der Waals surface area contributed by atoms with Crippen LogP contribution in [0.15, 0.2) is 76.1 Å². The quantitative estimate of drug-likeness (QED) is 0.325. The fourth-order valence-corrected chi connectivity index (χ4v) is 13.5. The van der Waals surface area contributed by atoms with Crippen LogP contribution in [-0.4, -0.2) is 3.21 Å². The van der Waals surface area contributed by atoms with E-state index in [9.17, 15) is 0 Å². The van der Waals surface area contributed by atoms with Crippen LogP contribution in [0, 0.1) is 5.92 Å². The van der Waals surface area contributed by atoms with Crippen molar-refractivity contribution in [3.63, 3.8) is 0 Å². The van der Waals surface area contributed by atoms with Crippen LogP contribution in [0.4, 0.5) is 0 Å². The number of hydrogen-bond donors (Lipinski definition) is 0. The van der Waals surface area contributed by atoms with E-state index in [1.54, 1.807) is 15.3 Å². The van der Waals surface area contributed by atoms with Crippen molar-refractivity contribution in [1.82, 2.24) is 0 Å². The van der Waals surface area contributed by atoms with Crippen molar-refractivity contribution in [2.45, 2.75) is 79.6 Å². The van der Waals surface area contributed by atoms with Gasteiger partial charge in [-0.3, -0.25) is 0 Å². The van der Waals surface area contributed by atoms with E-state index in [4.69, 9.17) is 0 Å². The van der Waals surface area contributed by atoms with E-state index >= 15 is 0 Å². The Morgan fingerprint density at radius 1 is 0.769 bits per heavy atom. The van der Waals surface area contributed by atoms with Crippen LogP contribution in [0.1, 0.15) is 90.1 Å². The van der Waals surface area contributed by atoms with E-state index in [0.717, 1.165) is 6.42 Å². The van der Waals surface area contributed by atoms with Crippen molar-refractivity contribution in [2.24, 2.45) is 5.92 Å². The largest absolute Gasteiger partial charge is 1.00 e. The second-order valence-electron chi connectivity index (χ2n) is 13.4. The predicted molar refractivity (Wildman–Crippen MR) is 160 cm³/mol. The number of rotatable bonds is 3. The third kappa shape index (κ3) is 6.22. The first-order valence-corrected chi connectivity index (χ1v) is 17.5. The molecule has 0 nitrogen and oxygen atoms in total. The Bertz CT molecular complexity index is 1470. The summed E-state index contributed by atoms with van der Waals surface area (Å²) in [5.41, 5.74) is 12.0. The smallest absolute Gasteiger partial charge is 1.00 e. The molecule has 1 atom stereocenters. The minimum Gasteiger partial charge on any atom is -1.00 e. The number of benzene rings is 3. The normalized spacial score (nSPS) is 15.6. The standard InChI is InChI=1S/C21H25.C12H11.C3H6.2ClH.Zr/c1-20(2,3)16-9-7-14-11-15-8-10-17(21(4,5)6)13-19(15)18(14)12-16;1-10-7-8-12(9-10)11-5-3-2-4-6-11;1-3-2;;;/h7,9-10,12-13H,11H2,1-6H3;2-6,8-10H,1H3;1-2H3;2*1H;/q;;;;;+2/p-2. The summed E-state index contributed by atoms with van der Waals surface area (Å²) in [4.78, 5) is 0. The van der Waals surface area contributed by atoms with Crippen molar-refractivity contribution in [3.8, 4) is 11.1 Å². The van der Waals surface area contributed by atoms with Crippen LogP contribution in [0.5, 0.6) is 0 Å². The molecular formula is C36H42Cl2Zr. The Kier molecular flexibility index (Phi) is 9.65. The molecule has 0 N–H and O–H groups in total. The van der Waals surface area contributed by atoms with Gasteiger partial charge >= 0.3 is 234 Å². The number of halogens is 2. The van der Waals surface area contributed by atoms with Crippen molar-refractivity contribution in [1.29, 1.82) is 0 Å². The molecule has 0 spiro atoms. The van der Waals surface area contributed by atoms with E-state index in [2.05, 4.69) is 135 Å². The number of hydrogen-bond acceptors (Lipinski definition) is 0. The Morgan fingerprint density at radius 3 is 1.97 bits per heavy atom. The Balaban J connectivity index is 0.00000210. The average Bonchev–Trinajstić information content (AvgIpc) is 3.39. The fourth-order valence-electron chi connectivity index (χ4n) is 5.93. The molecular weight excluding hydrogens is 595 g/mol. The van der Waals surface area contributed by atoms with E-state index in [0.29, 0.717) is 5.92 Å². The van der Waals surface area contributed by atoms with Crippen molar-refractivity contribution in [3.05, 3.63) is 104 Å². The summed E-state index contributed by atoms with van der Waals surface area (Å²) in [5, 5.41) is 0. The first kappa shape index (κ1) is 32.0.